The number of furan rings is 1. The van der Waals surface area contributed by atoms with Crippen molar-refractivity contribution in [2.75, 3.05) is 6.54 Å². The van der Waals surface area contributed by atoms with E-state index in [1.165, 1.54) is 0 Å². The molecule has 2 amide bonds. The predicted octanol–water partition coefficient (Wildman–Crippen LogP) is 3.65. The summed E-state index contributed by atoms with van der Waals surface area (Å²) in [6.07, 6.45) is 2.09. The monoisotopic (exact) mass is 411 g/mol. The number of nitrogens with zero attached hydrogens (tertiary/aromatic N) is 2. The fraction of sp³-hybridized carbons (Fsp3) is 0.200. The van der Waals surface area contributed by atoms with Gasteiger partial charge >= 0.3 is 0 Å². The summed E-state index contributed by atoms with van der Waals surface area (Å²) < 4.78 is 5.42. The van der Waals surface area contributed by atoms with Crippen LogP contribution in [0.25, 0.3) is 10.9 Å². The number of hydrogen-bond donors (Lipinski definition) is 1. The summed E-state index contributed by atoms with van der Waals surface area (Å²) in [5.41, 5.74) is 4.15. The highest BCUT2D eigenvalue weighted by Crippen LogP contribution is 2.42. The number of nitrogens with one attached hydrogen (secondary N) is 1. The number of amides is 2. The standard InChI is InChI=1S/C25H21N3O3/c29-22-15-27(14-17-9-6-12-31-17)25(30)21-13-19-18-10-4-5-11-20(18)26-23(19)24(28(21)22)16-7-2-1-3-8-16/h1-12,21,24,26H,13-15H2/t21-,24-/m0/s1. The van der Waals surface area contributed by atoms with Crippen molar-refractivity contribution in [1.82, 2.24) is 14.8 Å². The summed E-state index contributed by atoms with van der Waals surface area (Å²) >= 11 is 0. The van der Waals surface area contributed by atoms with Gasteiger partial charge in [-0.2, -0.15) is 0 Å². The number of benzene rings is 2. The molecule has 6 nitrogen and oxygen atoms in total. The van der Waals surface area contributed by atoms with E-state index in [9.17, 15) is 9.59 Å². The second-order valence-corrected chi connectivity index (χ2v) is 8.17. The number of aromatic nitrogens is 1. The van der Waals surface area contributed by atoms with E-state index in [2.05, 4.69) is 11.1 Å². The van der Waals surface area contributed by atoms with Gasteiger partial charge in [-0.1, -0.05) is 48.5 Å². The largest absolute Gasteiger partial charge is 0.467 e. The highest BCUT2D eigenvalue weighted by atomic mass is 16.3. The second kappa shape index (κ2) is 6.87. The number of rotatable bonds is 3. The molecule has 6 rings (SSSR count). The molecule has 31 heavy (non-hydrogen) atoms. The van der Waals surface area contributed by atoms with Gasteiger partial charge in [-0.15, -0.1) is 0 Å². The summed E-state index contributed by atoms with van der Waals surface area (Å²) in [6, 6.07) is 20.9. The number of aromatic amines is 1. The van der Waals surface area contributed by atoms with Crippen LogP contribution in [0.2, 0.25) is 0 Å². The number of para-hydroxylation sites is 1. The summed E-state index contributed by atoms with van der Waals surface area (Å²) in [4.78, 5) is 33.9. The highest BCUT2D eigenvalue weighted by molar-refractivity contribution is 5.97. The van der Waals surface area contributed by atoms with Crippen LogP contribution in [0.15, 0.2) is 77.4 Å². The average Bonchev–Trinajstić information content (AvgIpc) is 3.44. The van der Waals surface area contributed by atoms with Crippen molar-refractivity contribution in [3.63, 3.8) is 0 Å². The fourth-order valence-corrected chi connectivity index (χ4v) is 5.03. The molecular formula is C25H21N3O3. The average molecular weight is 411 g/mol. The van der Waals surface area contributed by atoms with Crippen LogP contribution < -0.4 is 0 Å². The molecule has 2 aliphatic rings. The van der Waals surface area contributed by atoms with Crippen LogP contribution in [0.1, 0.15) is 28.6 Å². The Kier molecular flexibility index (Phi) is 3.99. The first-order valence-corrected chi connectivity index (χ1v) is 10.5. The second-order valence-electron chi connectivity index (χ2n) is 8.17. The van der Waals surface area contributed by atoms with Crippen LogP contribution in [0.5, 0.6) is 0 Å². The third-order valence-corrected chi connectivity index (χ3v) is 6.38. The predicted molar refractivity (Wildman–Crippen MR) is 115 cm³/mol. The smallest absolute Gasteiger partial charge is 0.246 e. The minimum Gasteiger partial charge on any atom is -0.467 e. The summed E-state index contributed by atoms with van der Waals surface area (Å²) in [5.74, 6) is 0.597. The van der Waals surface area contributed by atoms with Crippen molar-refractivity contribution in [1.29, 1.82) is 0 Å². The number of H-pyrrole nitrogens is 1. The normalized spacial score (nSPS) is 20.8. The SMILES string of the molecule is O=C1[C@@H]2Cc3c([nH]c4ccccc34)[C@H](c3ccccc3)N2C(=O)CN1Cc1ccco1. The summed E-state index contributed by atoms with van der Waals surface area (Å²) in [5, 5.41) is 1.11. The van der Waals surface area contributed by atoms with Gasteiger partial charge < -0.3 is 19.2 Å². The van der Waals surface area contributed by atoms with E-state index < -0.39 is 6.04 Å². The lowest BCUT2D eigenvalue weighted by atomic mass is 9.86. The molecule has 6 heteroatoms. The first-order valence-electron chi connectivity index (χ1n) is 10.5. The lowest BCUT2D eigenvalue weighted by molar-refractivity contribution is -0.159. The quantitative estimate of drug-likeness (QED) is 0.560. The van der Waals surface area contributed by atoms with E-state index in [4.69, 9.17) is 4.42 Å². The Morgan fingerprint density at radius 3 is 2.58 bits per heavy atom. The zero-order chi connectivity index (χ0) is 20.9. The molecule has 2 aromatic heterocycles. The van der Waals surface area contributed by atoms with Crippen LogP contribution in [0.4, 0.5) is 0 Å². The van der Waals surface area contributed by atoms with Crippen molar-refractivity contribution in [3.8, 4) is 0 Å². The van der Waals surface area contributed by atoms with Gasteiger partial charge in [0.15, 0.2) is 0 Å². The van der Waals surface area contributed by atoms with Gasteiger partial charge in [0, 0.05) is 23.0 Å². The van der Waals surface area contributed by atoms with E-state index in [0.29, 0.717) is 18.7 Å². The van der Waals surface area contributed by atoms with Crippen LogP contribution in [-0.2, 0) is 22.6 Å². The van der Waals surface area contributed by atoms with E-state index in [-0.39, 0.29) is 24.4 Å². The molecule has 4 aromatic rings. The zero-order valence-corrected chi connectivity index (χ0v) is 16.8. The molecule has 1 saturated heterocycles. The number of hydrogen-bond acceptors (Lipinski definition) is 3. The summed E-state index contributed by atoms with van der Waals surface area (Å²) in [7, 11) is 0. The minimum absolute atomic E-state index is 0.0344. The Bertz CT molecular complexity index is 1280. The molecule has 0 spiro atoms. The van der Waals surface area contributed by atoms with E-state index in [1.54, 1.807) is 22.1 Å². The van der Waals surface area contributed by atoms with Crippen LogP contribution >= 0.6 is 0 Å². The first kappa shape index (κ1) is 18.0. The van der Waals surface area contributed by atoms with Crippen molar-refractivity contribution in [3.05, 3.63) is 95.6 Å². The van der Waals surface area contributed by atoms with E-state index >= 15 is 0 Å². The van der Waals surface area contributed by atoms with Crippen LogP contribution in [0.3, 0.4) is 0 Å². The Hall–Kier alpha value is -3.80. The van der Waals surface area contributed by atoms with Gasteiger partial charge in [0.05, 0.1) is 18.8 Å². The third-order valence-electron chi connectivity index (χ3n) is 6.38. The van der Waals surface area contributed by atoms with Gasteiger partial charge in [0.2, 0.25) is 11.8 Å². The Labute approximate surface area is 179 Å². The Morgan fingerprint density at radius 2 is 1.77 bits per heavy atom. The molecule has 0 saturated carbocycles. The molecule has 4 heterocycles. The van der Waals surface area contributed by atoms with Crippen LogP contribution in [0, 0.1) is 0 Å². The van der Waals surface area contributed by atoms with Crippen molar-refractivity contribution >= 4 is 22.7 Å². The first-order chi connectivity index (χ1) is 15.2. The molecule has 0 aliphatic carbocycles. The van der Waals surface area contributed by atoms with Gasteiger partial charge in [-0.3, -0.25) is 9.59 Å². The maximum Gasteiger partial charge on any atom is 0.246 e. The molecule has 154 valence electrons. The van der Waals surface area contributed by atoms with Crippen molar-refractivity contribution < 1.29 is 14.0 Å². The van der Waals surface area contributed by atoms with Gasteiger partial charge in [0.1, 0.15) is 18.3 Å². The zero-order valence-electron chi connectivity index (χ0n) is 16.8. The Balaban J connectivity index is 1.48. The van der Waals surface area contributed by atoms with E-state index in [0.717, 1.165) is 27.7 Å². The van der Waals surface area contributed by atoms with Crippen molar-refractivity contribution in [2.24, 2.45) is 0 Å². The third kappa shape index (κ3) is 2.79. The van der Waals surface area contributed by atoms with Crippen LogP contribution in [-0.4, -0.2) is 39.2 Å². The molecule has 0 unspecified atom stereocenters. The number of carbonyl (C=O) groups excluding carboxylic acids is 2. The maximum absolute atomic E-state index is 13.6. The molecule has 0 bridgehead atoms. The number of carbonyl (C=O) groups is 2. The van der Waals surface area contributed by atoms with Gasteiger partial charge in [-0.25, -0.2) is 0 Å². The number of piperazine rings is 1. The van der Waals surface area contributed by atoms with Crippen molar-refractivity contribution in [2.45, 2.75) is 25.0 Å². The van der Waals surface area contributed by atoms with E-state index in [1.807, 2.05) is 54.6 Å². The molecule has 2 aromatic carbocycles. The maximum atomic E-state index is 13.6. The minimum atomic E-state index is -0.534. The lowest BCUT2D eigenvalue weighted by Gasteiger charge is -2.47. The molecule has 2 atom stereocenters. The molecule has 2 aliphatic heterocycles. The highest BCUT2D eigenvalue weighted by Gasteiger charge is 2.48. The molecule has 0 radical (unpaired) electrons. The van der Waals surface area contributed by atoms with Gasteiger partial charge in [0.25, 0.3) is 0 Å². The molecular weight excluding hydrogens is 390 g/mol. The lowest BCUT2D eigenvalue weighted by Crippen LogP contribution is -2.62. The molecule has 1 N–H and O–H groups in total. The molecule has 1 fully saturated rings. The van der Waals surface area contributed by atoms with Gasteiger partial charge in [-0.05, 0) is 29.3 Å². The fourth-order valence-electron chi connectivity index (χ4n) is 5.03. The summed E-state index contributed by atoms with van der Waals surface area (Å²) in [6.45, 7) is 0.355. The Morgan fingerprint density at radius 1 is 0.968 bits per heavy atom. The topological polar surface area (TPSA) is 69.6 Å². The number of fused-ring (bicyclic) bond motifs is 4.